The van der Waals surface area contributed by atoms with E-state index in [1.807, 2.05) is 6.92 Å². The highest BCUT2D eigenvalue weighted by molar-refractivity contribution is 5.77. The van der Waals surface area contributed by atoms with Gasteiger partial charge in [-0.1, -0.05) is 6.92 Å². The average Bonchev–Trinajstić information content (AvgIpc) is 1.93. The first-order valence-electron chi connectivity index (χ1n) is 4.57. The van der Waals surface area contributed by atoms with Gasteiger partial charge in [0.25, 0.3) is 0 Å². The normalized spacial score (nSPS) is 41.8. The molecule has 0 aromatic rings. The maximum atomic E-state index is 11.2. The maximum Gasteiger partial charge on any atom is 0.310 e. The summed E-state index contributed by atoms with van der Waals surface area (Å²) in [5, 5.41) is 9.19. The van der Waals surface area contributed by atoms with Gasteiger partial charge in [0, 0.05) is 11.5 Å². The van der Waals surface area contributed by atoms with Gasteiger partial charge in [0.2, 0.25) is 0 Å². The van der Waals surface area contributed by atoms with Crippen LogP contribution in [0.3, 0.4) is 0 Å². The van der Waals surface area contributed by atoms with Crippen molar-refractivity contribution in [3.8, 4) is 0 Å². The fraction of sp³-hybridized carbons (Fsp3) is 0.889. The third-order valence-electron chi connectivity index (χ3n) is 3.63. The van der Waals surface area contributed by atoms with Crippen molar-refractivity contribution in [2.45, 2.75) is 25.8 Å². The monoisotopic (exact) mass is 185 g/mol. The Labute approximate surface area is 77.1 Å². The predicted octanol–water partition coefficient (Wildman–Crippen LogP) is 0.215. The number of carboxylic acids is 1. The Morgan fingerprint density at radius 2 is 2.08 bits per heavy atom. The molecule has 3 N–H and O–H groups in total. The number of aliphatic carboxylic acids is 1. The van der Waals surface area contributed by atoms with Crippen molar-refractivity contribution < 1.29 is 14.6 Å². The Balaban J connectivity index is 2.20. The van der Waals surface area contributed by atoms with Crippen LogP contribution in [0.2, 0.25) is 0 Å². The van der Waals surface area contributed by atoms with Crippen LogP contribution in [-0.4, -0.2) is 30.3 Å². The molecule has 1 aliphatic carbocycles. The third kappa shape index (κ3) is 0.957. The smallest absolute Gasteiger partial charge is 0.310 e. The summed E-state index contributed by atoms with van der Waals surface area (Å²) >= 11 is 0. The number of rotatable bonds is 2. The van der Waals surface area contributed by atoms with Crippen LogP contribution in [0.5, 0.6) is 0 Å². The molecule has 0 unspecified atom stereocenters. The number of carboxylic acid groups (broad SMARTS) is 1. The van der Waals surface area contributed by atoms with Crippen LogP contribution in [0.4, 0.5) is 0 Å². The zero-order valence-electron chi connectivity index (χ0n) is 7.75. The molecule has 0 spiro atoms. The molecule has 4 nitrogen and oxygen atoms in total. The van der Waals surface area contributed by atoms with Gasteiger partial charge >= 0.3 is 5.97 Å². The van der Waals surface area contributed by atoms with Crippen molar-refractivity contribution in [2.75, 3.05) is 13.2 Å². The van der Waals surface area contributed by atoms with E-state index in [1.54, 1.807) is 0 Å². The first kappa shape index (κ1) is 8.97. The van der Waals surface area contributed by atoms with Crippen LogP contribution < -0.4 is 5.73 Å². The van der Waals surface area contributed by atoms with Gasteiger partial charge in [0.05, 0.1) is 18.6 Å². The zero-order valence-corrected chi connectivity index (χ0v) is 7.75. The van der Waals surface area contributed by atoms with Crippen LogP contribution in [-0.2, 0) is 9.53 Å². The standard InChI is InChI=1S/C9H15NO3/c1-8(4-13-5-8)9(7(11)12)2-6(10)3-9/h6H,2-5,10H2,1H3,(H,11,12). The number of nitrogens with two attached hydrogens (primary N) is 1. The summed E-state index contributed by atoms with van der Waals surface area (Å²) in [5.74, 6) is -0.708. The summed E-state index contributed by atoms with van der Waals surface area (Å²) in [6.45, 7) is 3.11. The molecule has 1 heterocycles. The topological polar surface area (TPSA) is 72.5 Å². The van der Waals surface area contributed by atoms with E-state index in [-0.39, 0.29) is 11.5 Å². The minimum Gasteiger partial charge on any atom is -0.481 e. The van der Waals surface area contributed by atoms with Crippen LogP contribution in [0.15, 0.2) is 0 Å². The van der Waals surface area contributed by atoms with Crippen LogP contribution >= 0.6 is 0 Å². The highest BCUT2D eigenvalue weighted by Gasteiger charge is 2.63. The predicted molar refractivity (Wildman–Crippen MR) is 46.2 cm³/mol. The minimum absolute atomic E-state index is 0.0634. The molecule has 0 amide bonds. The first-order chi connectivity index (χ1) is 6.00. The molecule has 1 saturated heterocycles. The minimum atomic E-state index is -0.708. The molecule has 0 bridgehead atoms. The molecule has 2 rings (SSSR count). The highest BCUT2D eigenvalue weighted by atomic mass is 16.5. The second kappa shape index (κ2) is 2.45. The molecular formula is C9H15NO3. The van der Waals surface area contributed by atoms with E-state index in [2.05, 4.69) is 0 Å². The largest absolute Gasteiger partial charge is 0.481 e. The van der Waals surface area contributed by atoms with E-state index in [0.29, 0.717) is 26.1 Å². The fourth-order valence-corrected chi connectivity index (χ4v) is 2.45. The van der Waals surface area contributed by atoms with E-state index in [0.717, 1.165) is 0 Å². The van der Waals surface area contributed by atoms with Gasteiger partial charge in [-0.15, -0.1) is 0 Å². The molecule has 2 fully saturated rings. The van der Waals surface area contributed by atoms with Crippen LogP contribution in [0.1, 0.15) is 19.8 Å². The molecular weight excluding hydrogens is 170 g/mol. The van der Waals surface area contributed by atoms with Crippen molar-refractivity contribution in [1.82, 2.24) is 0 Å². The summed E-state index contributed by atoms with van der Waals surface area (Å²) in [6.07, 6.45) is 1.20. The van der Waals surface area contributed by atoms with Crippen molar-refractivity contribution >= 4 is 5.97 Å². The van der Waals surface area contributed by atoms with Crippen molar-refractivity contribution in [1.29, 1.82) is 0 Å². The molecule has 4 heteroatoms. The van der Waals surface area contributed by atoms with Gasteiger partial charge in [-0.25, -0.2) is 0 Å². The summed E-state index contributed by atoms with van der Waals surface area (Å²) in [6, 6.07) is 0.0634. The molecule has 1 aliphatic heterocycles. The van der Waals surface area contributed by atoms with Gasteiger partial charge in [-0.3, -0.25) is 4.79 Å². The van der Waals surface area contributed by atoms with Crippen molar-refractivity contribution in [3.63, 3.8) is 0 Å². The summed E-state index contributed by atoms with van der Waals surface area (Å²) < 4.78 is 5.10. The lowest BCUT2D eigenvalue weighted by Crippen LogP contribution is -2.65. The SMILES string of the molecule is CC1(C2(C(=O)O)CC(N)C2)COC1. The molecule has 1 saturated carbocycles. The molecule has 2 aliphatic rings. The lowest BCUT2D eigenvalue weighted by Gasteiger charge is -2.57. The van der Waals surface area contributed by atoms with E-state index < -0.39 is 11.4 Å². The molecule has 0 atom stereocenters. The Kier molecular flexibility index (Phi) is 1.69. The first-order valence-corrected chi connectivity index (χ1v) is 4.57. The maximum absolute atomic E-state index is 11.2. The summed E-state index contributed by atoms with van der Waals surface area (Å²) in [4.78, 5) is 11.2. The summed E-state index contributed by atoms with van der Waals surface area (Å²) in [5.41, 5.74) is 4.87. The number of carbonyl (C=O) groups is 1. The van der Waals surface area contributed by atoms with E-state index in [1.165, 1.54) is 0 Å². The molecule has 13 heavy (non-hydrogen) atoms. The lowest BCUT2D eigenvalue weighted by molar-refractivity contribution is -0.218. The number of ether oxygens (including phenoxy) is 1. The molecule has 74 valence electrons. The van der Waals surface area contributed by atoms with Crippen molar-refractivity contribution in [2.24, 2.45) is 16.6 Å². The van der Waals surface area contributed by atoms with Crippen molar-refractivity contribution in [3.05, 3.63) is 0 Å². The average molecular weight is 185 g/mol. The summed E-state index contributed by atoms with van der Waals surface area (Å²) in [7, 11) is 0. The van der Waals surface area contributed by atoms with E-state index in [9.17, 15) is 9.90 Å². The third-order valence-corrected chi connectivity index (χ3v) is 3.63. The molecule has 0 aromatic carbocycles. The van der Waals surface area contributed by atoms with Gasteiger partial charge < -0.3 is 15.6 Å². The molecule has 0 radical (unpaired) electrons. The second-order valence-corrected chi connectivity index (χ2v) is 4.61. The van der Waals surface area contributed by atoms with Crippen LogP contribution in [0.25, 0.3) is 0 Å². The van der Waals surface area contributed by atoms with E-state index >= 15 is 0 Å². The van der Waals surface area contributed by atoms with Crippen LogP contribution in [0, 0.1) is 10.8 Å². The quantitative estimate of drug-likeness (QED) is 0.645. The number of hydrogen-bond acceptors (Lipinski definition) is 3. The second-order valence-electron chi connectivity index (χ2n) is 4.61. The lowest BCUT2D eigenvalue weighted by atomic mass is 9.51. The van der Waals surface area contributed by atoms with Gasteiger partial charge in [-0.2, -0.15) is 0 Å². The fourth-order valence-electron chi connectivity index (χ4n) is 2.45. The Morgan fingerprint density at radius 3 is 2.31 bits per heavy atom. The highest BCUT2D eigenvalue weighted by Crippen LogP contribution is 2.56. The molecule has 0 aromatic heterocycles. The Morgan fingerprint density at radius 1 is 1.54 bits per heavy atom. The Hall–Kier alpha value is -0.610. The van der Waals surface area contributed by atoms with Gasteiger partial charge in [0.1, 0.15) is 0 Å². The van der Waals surface area contributed by atoms with Gasteiger partial charge in [0.15, 0.2) is 0 Å². The van der Waals surface area contributed by atoms with E-state index in [4.69, 9.17) is 10.5 Å². The number of hydrogen-bond donors (Lipinski definition) is 2. The van der Waals surface area contributed by atoms with Gasteiger partial charge in [-0.05, 0) is 12.8 Å². The Bertz CT molecular complexity index is 241. The zero-order chi connectivity index (χ0) is 9.69.